The second-order valence-electron chi connectivity index (χ2n) is 7.28. The number of fused-ring (bicyclic) bond motifs is 1. The largest absolute Gasteiger partial charge is 0.371 e. The Bertz CT molecular complexity index is 621. The molecule has 0 radical (unpaired) electrons. The lowest BCUT2D eigenvalue weighted by molar-refractivity contribution is -0.134. The lowest BCUT2D eigenvalue weighted by Gasteiger charge is -2.22. The van der Waals surface area contributed by atoms with Gasteiger partial charge in [0.05, 0.1) is 17.6 Å². The molecule has 4 nitrogen and oxygen atoms in total. The highest BCUT2D eigenvalue weighted by Crippen LogP contribution is 2.38. The maximum atomic E-state index is 12.8. The summed E-state index contributed by atoms with van der Waals surface area (Å²) in [5.74, 6) is 2.06. The fraction of sp³-hybridized carbons (Fsp3) is 0.579. The van der Waals surface area contributed by atoms with Gasteiger partial charge in [0.25, 0.3) is 0 Å². The first kappa shape index (κ1) is 14.6. The summed E-state index contributed by atoms with van der Waals surface area (Å²) < 4.78 is 0. The number of carbonyl (C=O) groups is 1. The zero-order valence-electron chi connectivity index (χ0n) is 13.4. The van der Waals surface area contributed by atoms with Gasteiger partial charge >= 0.3 is 0 Å². The van der Waals surface area contributed by atoms with Gasteiger partial charge in [-0.3, -0.25) is 4.79 Å². The van der Waals surface area contributed by atoms with Gasteiger partial charge in [-0.1, -0.05) is 6.42 Å². The van der Waals surface area contributed by atoms with Gasteiger partial charge in [0.1, 0.15) is 0 Å². The fourth-order valence-corrected chi connectivity index (χ4v) is 4.62. The number of nitrogens with zero attached hydrogens (tertiary/aromatic N) is 3. The molecule has 2 aliphatic heterocycles. The summed E-state index contributed by atoms with van der Waals surface area (Å²) in [6.07, 6.45) is 4.94. The molecule has 1 aromatic rings. The van der Waals surface area contributed by atoms with E-state index in [1.165, 1.54) is 19.3 Å². The number of amides is 1. The van der Waals surface area contributed by atoms with E-state index in [1.54, 1.807) is 0 Å². The molecule has 2 heterocycles. The SMILES string of the molecule is N#Cc1ccc(N2CCC(C(=O)N3CC4CCCC4C3)C2)cc1. The zero-order valence-corrected chi connectivity index (χ0v) is 13.4. The van der Waals surface area contributed by atoms with Crippen molar-refractivity contribution in [1.82, 2.24) is 4.90 Å². The Morgan fingerprint density at radius 1 is 1.04 bits per heavy atom. The number of nitriles is 1. The standard InChI is InChI=1S/C19H23N3O/c20-10-14-4-6-18(7-5-14)21-9-8-17(13-21)19(23)22-11-15-2-1-3-16(15)12-22/h4-7,15-17H,1-3,8-9,11-13H2. The van der Waals surface area contributed by atoms with Crippen LogP contribution in [0, 0.1) is 29.1 Å². The first-order valence-corrected chi connectivity index (χ1v) is 8.78. The van der Waals surface area contributed by atoms with E-state index in [-0.39, 0.29) is 5.92 Å². The normalized spacial score (nSPS) is 29.6. The molecular weight excluding hydrogens is 286 g/mol. The number of carbonyl (C=O) groups excluding carboxylic acids is 1. The monoisotopic (exact) mass is 309 g/mol. The van der Waals surface area contributed by atoms with Crippen molar-refractivity contribution in [2.75, 3.05) is 31.1 Å². The van der Waals surface area contributed by atoms with Crippen LogP contribution in [0.3, 0.4) is 0 Å². The summed E-state index contributed by atoms with van der Waals surface area (Å²) in [5, 5.41) is 8.88. The molecule has 0 aromatic heterocycles. The Hall–Kier alpha value is -2.02. The molecule has 0 N–H and O–H groups in total. The van der Waals surface area contributed by atoms with Gasteiger partial charge in [-0.05, 0) is 55.4 Å². The van der Waals surface area contributed by atoms with Crippen molar-refractivity contribution in [2.45, 2.75) is 25.7 Å². The second-order valence-corrected chi connectivity index (χ2v) is 7.28. The highest BCUT2D eigenvalue weighted by molar-refractivity contribution is 5.80. The molecule has 3 fully saturated rings. The maximum Gasteiger partial charge on any atom is 0.227 e. The quantitative estimate of drug-likeness (QED) is 0.844. The topological polar surface area (TPSA) is 47.3 Å². The van der Waals surface area contributed by atoms with Gasteiger partial charge < -0.3 is 9.80 Å². The third-order valence-corrected chi connectivity index (χ3v) is 5.94. The Kier molecular flexibility index (Phi) is 3.72. The van der Waals surface area contributed by atoms with Crippen molar-refractivity contribution < 1.29 is 4.79 Å². The first-order chi connectivity index (χ1) is 11.2. The Labute approximate surface area is 137 Å². The smallest absolute Gasteiger partial charge is 0.227 e. The number of hydrogen-bond donors (Lipinski definition) is 0. The van der Waals surface area contributed by atoms with Gasteiger partial charge in [0.2, 0.25) is 5.91 Å². The Morgan fingerprint density at radius 2 is 1.74 bits per heavy atom. The number of benzene rings is 1. The van der Waals surface area contributed by atoms with Crippen LogP contribution in [0.4, 0.5) is 5.69 Å². The van der Waals surface area contributed by atoms with E-state index in [1.807, 2.05) is 24.3 Å². The van der Waals surface area contributed by atoms with Crippen LogP contribution in [0.5, 0.6) is 0 Å². The zero-order chi connectivity index (χ0) is 15.8. The van der Waals surface area contributed by atoms with Gasteiger partial charge in [-0.15, -0.1) is 0 Å². The summed E-state index contributed by atoms with van der Waals surface area (Å²) in [6.45, 7) is 3.74. The fourth-order valence-electron chi connectivity index (χ4n) is 4.62. The van der Waals surface area contributed by atoms with Crippen LogP contribution in [0.15, 0.2) is 24.3 Å². The third-order valence-electron chi connectivity index (χ3n) is 5.94. The van der Waals surface area contributed by atoms with Gasteiger partial charge in [0.15, 0.2) is 0 Å². The number of rotatable bonds is 2. The first-order valence-electron chi connectivity index (χ1n) is 8.78. The van der Waals surface area contributed by atoms with Crippen molar-refractivity contribution in [3.8, 4) is 6.07 Å². The average molecular weight is 309 g/mol. The summed E-state index contributed by atoms with van der Waals surface area (Å²) in [4.78, 5) is 17.2. The van der Waals surface area contributed by atoms with Crippen LogP contribution in [0.2, 0.25) is 0 Å². The van der Waals surface area contributed by atoms with Crippen LogP contribution < -0.4 is 4.90 Å². The Morgan fingerprint density at radius 3 is 2.39 bits per heavy atom. The second kappa shape index (κ2) is 5.88. The maximum absolute atomic E-state index is 12.8. The molecule has 2 saturated heterocycles. The molecular formula is C19H23N3O. The van der Waals surface area contributed by atoms with Crippen molar-refractivity contribution >= 4 is 11.6 Å². The van der Waals surface area contributed by atoms with Crippen LogP contribution in [0.25, 0.3) is 0 Å². The number of likely N-dealkylation sites (tertiary alicyclic amines) is 1. The summed E-state index contributed by atoms with van der Waals surface area (Å²) >= 11 is 0. The third kappa shape index (κ3) is 2.69. The van der Waals surface area contributed by atoms with E-state index in [2.05, 4.69) is 15.9 Å². The van der Waals surface area contributed by atoms with Crippen molar-refractivity contribution in [1.29, 1.82) is 5.26 Å². The molecule has 1 aromatic carbocycles. The molecule has 3 unspecified atom stereocenters. The van der Waals surface area contributed by atoms with Crippen molar-refractivity contribution in [3.63, 3.8) is 0 Å². The van der Waals surface area contributed by atoms with Gasteiger partial charge in [0, 0.05) is 31.9 Å². The summed E-state index contributed by atoms with van der Waals surface area (Å²) in [6, 6.07) is 9.84. The predicted molar refractivity (Wildman–Crippen MR) is 88.9 cm³/mol. The van der Waals surface area contributed by atoms with E-state index in [0.717, 1.165) is 50.1 Å². The minimum atomic E-state index is 0.143. The van der Waals surface area contributed by atoms with Gasteiger partial charge in [-0.2, -0.15) is 5.26 Å². The molecule has 3 atom stereocenters. The molecule has 120 valence electrons. The summed E-state index contributed by atoms with van der Waals surface area (Å²) in [5.41, 5.74) is 1.81. The highest BCUT2D eigenvalue weighted by atomic mass is 16.2. The molecule has 1 saturated carbocycles. The highest BCUT2D eigenvalue weighted by Gasteiger charge is 2.41. The molecule has 4 heteroatoms. The van der Waals surface area contributed by atoms with Crippen molar-refractivity contribution in [2.24, 2.45) is 17.8 Å². The lowest BCUT2D eigenvalue weighted by Crippen LogP contribution is -2.36. The van der Waals surface area contributed by atoms with E-state index < -0.39 is 0 Å². The predicted octanol–water partition coefficient (Wildman–Crippen LogP) is 2.64. The van der Waals surface area contributed by atoms with Gasteiger partial charge in [-0.25, -0.2) is 0 Å². The Balaban J connectivity index is 1.38. The molecule has 4 rings (SSSR count). The summed E-state index contributed by atoms with van der Waals surface area (Å²) in [7, 11) is 0. The van der Waals surface area contributed by atoms with Crippen molar-refractivity contribution in [3.05, 3.63) is 29.8 Å². The molecule has 1 aliphatic carbocycles. The molecule has 0 spiro atoms. The van der Waals surface area contributed by atoms with E-state index in [9.17, 15) is 4.79 Å². The van der Waals surface area contributed by atoms with Crippen LogP contribution in [0.1, 0.15) is 31.2 Å². The molecule has 23 heavy (non-hydrogen) atoms. The number of anilines is 1. The van der Waals surface area contributed by atoms with E-state index in [0.29, 0.717) is 11.5 Å². The molecule has 3 aliphatic rings. The average Bonchev–Trinajstić information content (AvgIpc) is 3.29. The van der Waals surface area contributed by atoms with E-state index in [4.69, 9.17) is 5.26 Å². The number of hydrogen-bond acceptors (Lipinski definition) is 3. The molecule has 1 amide bonds. The minimum Gasteiger partial charge on any atom is -0.371 e. The minimum absolute atomic E-state index is 0.143. The van der Waals surface area contributed by atoms with E-state index >= 15 is 0 Å². The lowest BCUT2D eigenvalue weighted by atomic mass is 10.0. The van der Waals surface area contributed by atoms with Crippen LogP contribution >= 0.6 is 0 Å². The van der Waals surface area contributed by atoms with Crippen LogP contribution in [-0.4, -0.2) is 37.0 Å². The molecule has 0 bridgehead atoms. The van der Waals surface area contributed by atoms with Crippen LogP contribution in [-0.2, 0) is 4.79 Å².